The van der Waals surface area contributed by atoms with Gasteiger partial charge in [0.2, 0.25) is 0 Å². The summed E-state index contributed by atoms with van der Waals surface area (Å²) < 4.78 is 7.87. The highest BCUT2D eigenvalue weighted by atomic mass is 32.2. The van der Waals surface area contributed by atoms with Gasteiger partial charge in [-0.25, -0.2) is 0 Å². The molecule has 0 aromatic carbocycles. The van der Waals surface area contributed by atoms with Gasteiger partial charge in [0.1, 0.15) is 5.94 Å². The second-order valence-electron chi connectivity index (χ2n) is 0.944. The van der Waals surface area contributed by atoms with E-state index in [0.29, 0.717) is 0 Å². The van der Waals surface area contributed by atoms with Gasteiger partial charge in [-0.15, -0.1) is 0 Å². The van der Waals surface area contributed by atoms with Crippen molar-refractivity contribution in [1.82, 2.24) is 4.72 Å². The van der Waals surface area contributed by atoms with E-state index >= 15 is 0 Å². The Balaban J connectivity index is 2.00. The van der Waals surface area contributed by atoms with Gasteiger partial charge in [-0.3, -0.25) is 4.72 Å². The molecule has 0 aromatic heterocycles. The fourth-order valence-corrected chi connectivity index (χ4v) is 0.709. The second-order valence-corrected chi connectivity index (χ2v) is 1.76. The Kier molecular flexibility index (Phi) is 1.80. The molecule has 1 aliphatic heterocycles. The minimum absolute atomic E-state index is 0.750. The predicted octanol–water partition coefficient (Wildman–Crippen LogP) is 0.374. The Morgan fingerprint density at radius 1 is 1.83 bits per heavy atom. The number of hydrogen-bond donors (Lipinski definition) is 1. The topological polar surface area (TPSA) is 21.3 Å². The largest absolute Gasteiger partial charge is 0.362 e. The van der Waals surface area contributed by atoms with Gasteiger partial charge in [0, 0.05) is 6.54 Å². The van der Waals surface area contributed by atoms with Gasteiger partial charge in [0.05, 0.1) is 6.61 Å². The van der Waals surface area contributed by atoms with Crippen LogP contribution in [0, 0.1) is 6.61 Å². The summed E-state index contributed by atoms with van der Waals surface area (Å²) in [6.07, 6.45) is 0. The lowest BCUT2D eigenvalue weighted by atomic mass is 10.7. The van der Waals surface area contributed by atoms with Crippen molar-refractivity contribution in [3.05, 3.63) is 6.61 Å². The molecule has 1 N–H and O–H groups in total. The second kappa shape index (κ2) is 2.44. The lowest BCUT2D eigenvalue weighted by Gasteiger charge is -2.08. The van der Waals surface area contributed by atoms with Crippen molar-refractivity contribution in [2.75, 3.05) is 12.5 Å². The predicted molar refractivity (Wildman–Crippen MR) is 25.8 cm³/mol. The molecule has 1 saturated heterocycles. The van der Waals surface area contributed by atoms with Gasteiger partial charge in [0.15, 0.2) is 0 Å². The van der Waals surface area contributed by atoms with Gasteiger partial charge < -0.3 is 4.74 Å². The zero-order valence-electron chi connectivity index (χ0n) is 3.31. The van der Waals surface area contributed by atoms with E-state index in [1.165, 1.54) is 0 Å². The molecule has 0 saturated carbocycles. The zero-order chi connectivity index (χ0) is 4.24. The molecule has 3 heteroatoms. The van der Waals surface area contributed by atoms with Crippen LogP contribution >= 0.6 is 11.9 Å². The molecule has 0 aliphatic carbocycles. The van der Waals surface area contributed by atoms with Crippen molar-refractivity contribution in [1.29, 1.82) is 0 Å². The van der Waals surface area contributed by atoms with Gasteiger partial charge >= 0.3 is 0 Å². The highest BCUT2D eigenvalue weighted by Gasteiger charge is 1.94. The lowest BCUT2D eigenvalue weighted by Crippen LogP contribution is -2.14. The first-order valence-corrected chi connectivity index (χ1v) is 2.76. The molecule has 1 heterocycles. The van der Waals surface area contributed by atoms with Crippen LogP contribution in [0.4, 0.5) is 0 Å². The Morgan fingerprint density at radius 2 is 2.83 bits per heavy atom. The molecular weight excluding hydrogens is 98.1 g/mol. The summed E-state index contributed by atoms with van der Waals surface area (Å²) in [5.41, 5.74) is 0. The van der Waals surface area contributed by atoms with Crippen LogP contribution in [0.3, 0.4) is 0 Å². The highest BCUT2D eigenvalue weighted by Crippen LogP contribution is 2.00. The van der Waals surface area contributed by atoms with E-state index in [1.54, 1.807) is 18.6 Å². The van der Waals surface area contributed by atoms with Crippen LogP contribution in [0.15, 0.2) is 0 Å². The third-order valence-electron chi connectivity index (χ3n) is 0.514. The Morgan fingerprint density at radius 3 is 3.00 bits per heavy atom. The van der Waals surface area contributed by atoms with Crippen LogP contribution in [0.2, 0.25) is 0 Å². The van der Waals surface area contributed by atoms with Crippen molar-refractivity contribution in [2.45, 2.75) is 0 Å². The summed E-state index contributed by atoms with van der Waals surface area (Å²) >= 11 is 1.59. The fraction of sp³-hybridized carbons (Fsp3) is 0.667. The normalized spacial score (nSPS) is 24.0. The fourth-order valence-electron chi connectivity index (χ4n) is 0.276. The summed E-state index contributed by atoms with van der Waals surface area (Å²) in [5, 5.41) is 0. The molecule has 1 radical (unpaired) electrons. The van der Waals surface area contributed by atoms with Crippen LogP contribution in [0.1, 0.15) is 0 Å². The van der Waals surface area contributed by atoms with Crippen LogP contribution in [0.5, 0.6) is 0 Å². The van der Waals surface area contributed by atoms with Crippen LogP contribution in [-0.4, -0.2) is 12.5 Å². The maximum Gasteiger partial charge on any atom is 0.107 e. The van der Waals surface area contributed by atoms with E-state index in [2.05, 4.69) is 4.72 Å². The Bertz CT molecular complexity index is 26.3. The Hall–Kier alpha value is 0.270. The van der Waals surface area contributed by atoms with E-state index in [-0.39, 0.29) is 0 Å². The summed E-state index contributed by atoms with van der Waals surface area (Å²) in [4.78, 5) is 0. The van der Waals surface area contributed by atoms with Gasteiger partial charge in [-0.05, 0) is 0 Å². The van der Waals surface area contributed by atoms with Crippen LogP contribution in [0.25, 0.3) is 0 Å². The molecule has 2 nitrogen and oxygen atoms in total. The maximum atomic E-state index is 4.84. The third kappa shape index (κ3) is 1.16. The minimum atomic E-state index is 0.750. The highest BCUT2D eigenvalue weighted by molar-refractivity contribution is 7.97. The SMILES string of the molecule is [CH]1CNSCO1. The van der Waals surface area contributed by atoms with Gasteiger partial charge in [-0.1, -0.05) is 11.9 Å². The molecule has 1 fully saturated rings. The first kappa shape index (κ1) is 4.43. The molecule has 35 valence electrons. The van der Waals surface area contributed by atoms with Crippen LogP contribution in [-0.2, 0) is 4.74 Å². The van der Waals surface area contributed by atoms with E-state index in [1.807, 2.05) is 0 Å². The molecule has 6 heavy (non-hydrogen) atoms. The maximum absolute atomic E-state index is 4.84. The molecule has 0 aromatic rings. The first-order chi connectivity index (χ1) is 3.00. The van der Waals surface area contributed by atoms with Gasteiger partial charge in [-0.2, -0.15) is 0 Å². The number of nitrogens with one attached hydrogen (secondary N) is 1. The average molecular weight is 104 g/mol. The minimum Gasteiger partial charge on any atom is -0.362 e. The molecule has 0 atom stereocenters. The molecule has 0 unspecified atom stereocenters. The first-order valence-electron chi connectivity index (χ1n) is 1.78. The van der Waals surface area contributed by atoms with E-state index in [9.17, 15) is 0 Å². The van der Waals surface area contributed by atoms with E-state index in [4.69, 9.17) is 4.74 Å². The number of rotatable bonds is 0. The van der Waals surface area contributed by atoms with E-state index < -0.39 is 0 Å². The standard InChI is InChI=1S/C3H6NOS/c1-2-5-3-6-4-1/h2,4H,1,3H2. The van der Waals surface area contributed by atoms with Crippen molar-refractivity contribution in [3.8, 4) is 0 Å². The van der Waals surface area contributed by atoms with E-state index in [0.717, 1.165) is 12.5 Å². The monoisotopic (exact) mass is 104 g/mol. The van der Waals surface area contributed by atoms with Gasteiger partial charge in [0.25, 0.3) is 0 Å². The van der Waals surface area contributed by atoms with Crippen LogP contribution < -0.4 is 4.72 Å². The molecular formula is C3H6NOS. The average Bonchev–Trinajstić information content (AvgIpc) is 1.72. The smallest absolute Gasteiger partial charge is 0.107 e. The molecule has 0 amide bonds. The number of hydrogen-bond acceptors (Lipinski definition) is 3. The summed E-state index contributed by atoms with van der Waals surface area (Å²) in [7, 11) is 0. The number of ether oxygens (including phenoxy) is 1. The Labute approximate surface area is 41.4 Å². The summed E-state index contributed by atoms with van der Waals surface area (Å²) in [6.45, 7) is 2.63. The van der Waals surface area contributed by atoms with Crippen molar-refractivity contribution in [3.63, 3.8) is 0 Å². The van der Waals surface area contributed by atoms with Crippen molar-refractivity contribution >= 4 is 11.9 Å². The summed E-state index contributed by atoms with van der Waals surface area (Å²) in [5.74, 6) is 0.750. The van der Waals surface area contributed by atoms with Crippen molar-refractivity contribution < 1.29 is 4.74 Å². The molecule has 0 bridgehead atoms. The molecule has 0 spiro atoms. The lowest BCUT2D eigenvalue weighted by molar-refractivity contribution is 0.246. The third-order valence-corrected chi connectivity index (χ3v) is 1.14. The summed E-state index contributed by atoms with van der Waals surface area (Å²) in [6, 6.07) is 0. The quantitative estimate of drug-likeness (QED) is 0.449. The molecule has 1 rings (SSSR count). The zero-order valence-corrected chi connectivity index (χ0v) is 4.12. The molecule has 1 aliphatic rings. The van der Waals surface area contributed by atoms with Crippen molar-refractivity contribution in [2.24, 2.45) is 0 Å².